The topological polar surface area (TPSA) is 85.3 Å². The molecule has 0 bridgehead atoms. The molecule has 170 valence electrons. The van der Waals surface area contributed by atoms with Crippen molar-refractivity contribution in [2.75, 3.05) is 21.3 Å². The molecule has 0 aliphatic carbocycles. The van der Waals surface area contributed by atoms with E-state index >= 15 is 0 Å². The third-order valence-electron chi connectivity index (χ3n) is 5.53. The first-order chi connectivity index (χ1) is 16.0. The van der Waals surface area contributed by atoms with E-state index in [1.54, 1.807) is 49.6 Å². The number of ketones is 1. The minimum atomic E-state index is -0.797. The van der Waals surface area contributed by atoms with Crippen LogP contribution >= 0.6 is 11.3 Å². The minimum absolute atomic E-state index is 0.0222. The average Bonchev–Trinajstić information content (AvgIpc) is 3.45. The summed E-state index contributed by atoms with van der Waals surface area (Å²) < 4.78 is 15.9. The SMILES string of the molecule is COc1ccc(/C(O)=C2/C(=O)C(=O)N(Cc3cccs3)C2c2ccc(OC)c(OC)c2)cc1. The summed E-state index contributed by atoms with van der Waals surface area (Å²) in [7, 11) is 4.59. The van der Waals surface area contributed by atoms with Gasteiger partial charge in [0.05, 0.1) is 39.5 Å². The monoisotopic (exact) mass is 465 g/mol. The molecule has 1 fully saturated rings. The molecule has 4 rings (SSSR count). The molecule has 1 aliphatic heterocycles. The highest BCUT2D eigenvalue weighted by Crippen LogP contribution is 2.43. The molecule has 1 unspecified atom stereocenters. The highest BCUT2D eigenvalue weighted by atomic mass is 32.1. The zero-order valence-electron chi connectivity index (χ0n) is 18.4. The average molecular weight is 466 g/mol. The Morgan fingerprint density at radius 1 is 0.970 bits per heavy atom. The molecule has 1 saturated heterocycles. The highest BCUT2D eigenvalue weighted by molar-refractivity contribution is 7.09. The molecule has 7 nitrogen and oxygen atoms in total. The number of carbonyl (C=O) groups excluding carboxylic acids is 2. The molecule has 2 heterocycles. The number of benzene rings is 2. The number of aliphatic hydroxyl groups excluding tert-OH is 1. The molecular weight excluding hydrogens is 442 g/mol. The maximum atomic E-state index is 13.2. The summed E-state index contributed by atoms with van der Waals surface area (Å²) in [6, 6.07) is 14.8. The van der Waals surface area contributed by atoms with Crippen LogP contribution in [0.3, 0.4) is 0 Å². The van der Waals surface area contributed by atoms with Crippen molar-refractivity contribution in [2.24, 2.45) is 0 Å². The molecule has 33 heavy (non-hydrogen) atoms. The van der Waals surface area contributed by atoms with Crippen molar-refractivity contribution in [3.05, 3.63) is 81.6 Å². The predicted molar refractivity (Wildman–Crippen MR) is 125 cm³/mol. The molecule has 1 aliphatic rings. The summed E-state index contributed by atoms with van der Waals surface area (Å²) in [5, 5.41) is 13.1. The molecule has 0 saturated carbocycles. The number of likely N-dealkylation sites (tertiary alicyclic amines) is 1. The van der Waals surface area contributed by atoms with Crippen LogP contribution in [0.15, 0.2) is 65.6 Å². The van der Waals surface area contributed by atoms with E-state index in [-0.39, 0.29) is 17.9 Å². The molecule has 2 aromatic carbocycles. The molecule has 1 atom stereocenters. The van der Waals surface area contributed by atoms with E-state index in [1.807, 2.05) is 17.5 Å². The summed E-state index contributed by atoms with van der Waals surface area (Å²) in [6.07, 6.45) is 0. The van der Waals surface area contributed by atoms with Gasteiger partial charge in [-0.05, 0) is 53.4 Å². The van der Waals surface area contributed by atoms with Crippen LogP contribution < -0.4 is 14.2 Å². The second-order valence-corrected chi connectivity index (χ2v) is 8.38. The van der Waals surface area contributed by atoms with Crippen molar-refractivity contribution < 1.29 is 28.9 Å². The lowest BCUT2D eigenvalue weighted by Crippen LogP contribution is -2.28. The fourth-order valence-electron chi connectivity index (χ4n) is 3.89. The molecule has 0 radical (unpaired) electrons. The van der Waals surface area contributed by atoms with Gasteiger partial charge in [0.1, 0.15) is 11.5 Å². The lowest BCUT2D eigenvalue weighted by atomic mass is 9.95. The second kappa shape index (κ2) is 9.38. The van der Waals surface area contributed by atoms with Crippen LogP contribution in [0.1, 0.15) is 22.0 Å². The molecular formula is C25H23NO6S. The number of ether oxygens (including phenoxy) is 3. The Morgan fingerprint density at radius 2 is 1.70 bits per heavy atom. The van der Waals surface area contributed by atoms with Crippen LogP contribution in [0.25, 0.3) is 5.76 Å². The summed E-state index contributed by atoms with van der Waals surface area (Å²) in [4.78, 5) is 28.7. The maximum absolute atomic E-state index is 13.2. The molecule has 3 aromatic rings. The number of hydrogen-bond acceptors (Lipinski definition) is 7. The second-order valence-electron chi connectivity index (χ2n) is 7.35. The van der Waals surface area contributed by atoms with E-state index in [0.29, 0.717) is 28.4 Å². The minimum Gasteiger partial charge on any atom is -0.507 e. The van der Waals surface area contributed by atoms with E-state index in [2.05, 4.69) is 0 Å². The third-order valence-corrected chi connectivity index (χ3v) is 6.39. The number of Topliss-reactive ketones (excluding diaryl/α,β-unsaturated/α-hetero) is 1. The number of thiophene rings is 1. The Labute approximate surface area is 195 Å². The Morgan fingerprint density at radius 3 is 2.30 bits per heavy atom. The van der Waals surface area contributed by atoms with Crippen LogP contribution in [0.5, 0.6) is 17.2 Å². The van der Waals surface area contributed by atoms with Gasteiger partial charge in [-0.1, -0.05) is 12.1 Å². The number of carbonyl (C=O) groups is 2. The Balaban J connectivity index is 1.87. The lowest BCUT2D eigenvalue weighted by molar-refractivity contribution is -0.140. The van der Waals surface area contributed by atoms with Crippen LogP contribution in [-0.2, 0) is 16.1 Å². The maximum Gasteiger partial charge on any atom is 0.295 e. The quantitative estimate of drug-likeness (QED) is 0.316. The van der Waals surface area contributed by atoms with E-state index in [4.69, 9.17) is 14.2 Å². The Hall–Kier alpha value is -3.78. The molecule has 1 aromatic heterocycles. The van der Waals surface area contributed by atoms with Crippen molar-refractivity contribution in [2.45, 2.75) is 12.6 Å². The summed E-state index contributed by atoms with van der Waals surface area (Å²) in [5.41, 5.74) is 1.06. The number of nitrogens with zero attached hydrogens (tertiary/aromatic N) is 1. The van der Waals surface area contributed by atoms with Gasteiger partial charge in [0.2, 0.25) is 0 Å². The van der Waals surface area contributed by atoms with E-state index in [9.17, 15) is 14.7 Å². The number of aliphatic hydroxyl groups is 1. The predicted octanol–water partition coefficient (Wildman–Crippen LogP) is 4.40. The fraction of sp³-hybridized carbons (Fsp3) is 0.200. The van der Waals surface area contributed by atoms with Gasteiger partial charge in [0, 0.05) is 10.4 Å². The zero-order valence-corrected chi connectivity index (χ0v) is 19.2. The Bertz CT molecular complexity index is 1200. The zero-order chi connectivity index (χ0) is 23.5. The van der Waals surface area contributed by atoms with Gasteiger partial charge in [-0.2, -0.15) is 0 Å². The van der Waals surface area contributed by atoms with E-state index in [0.717, 1.165) is 4.88 Å². The first-order valence-corrected chi connectivity index (χ1v) is 11.0. The van der Waals surface area contributed by atoms with Crippen LogP contribution in [0, 0.1) is 0 Å². The number of methoxy groups -OCH3 is 3. The van der Waals surface area contributed by atoms with Gasteiger partial charge >= 0.3 is 0 Å². The normalized spacial score (nSPS) is 17.3. The largest absolute Gasteiger partial charge is 0.507 e. The van der Waals surface area contributed by atoms with E-state index in [1.165, 1.54) is 30.5 Å². The van der Waals surface area contributed by atoms with Gasteiger partial charge in [-0.25, -0.2) is 0 Å². The lowest BCUT2D eigenvalue weighted by Gasteiger charge is -2.25. The van der Waals surface area contributed by atoms with Crippen molar-refractivity contribution in [1.29, 1.82) is 0 Å². The van der Waals surface area contributed by atoms with Crippen LogP contribution in [0.2, 0.25) is 0 Å². The van der Waals surface area contributed by atoms with Crippen LogP contribution in [-0.4, -0.2) is 43.0 Å². The standard InChI is InChI=1S/C25H23NO6S/c1-30-17-9-6-15(7-10-17)23(27)21-22(16-8-11-19(31-2)20(13-16)32-3)26(25(29)24(21)28)14-18-5-4-12-33-18/h4-13,22,27H,14H2,1-3H3/b23-21-. The number of hydrogen-bond donors (Lipinski definition) is 1. The van der Waals surface area contributed by atoms with Crippen molar-refractivity contribution >= 4 is 28.8 Å². The third kappa shape index (κ3) is 4.17. The molecule has 8 heteroatoms. The number of amides is 1. The summed E-state index contributed by atoms with van der Waals surface area (Å²) >= 11 is 1.49. The number of rotatable bonds is 7. The van der Waals surface area contributed by atoms with Crippen molar-refractivity contribution in [3.63, 3.8) is 0 Å². The van der Waals surface area contributed by atoms with Gasteiger partial charge in [0.15, 0.2) is 11.5 Å². The van der Waals surface area contributed by atoms with Crippen molar-refractivity contribution in [3.8, 4) is 17.2 Å². The molecule has 1 N–H and O–H groups in total. The van der Waals surface area contributed by atoms with Gasteiger partial charge < -0.3 is 24.2 Å². The van der Waals surface area contributed by atoms with E-state index < -0.39 is 17.7 Å². The van der Waals surface area contributed by atoms with Crippen LogP contribution in [0.4, 0.5) is 0 Å². The summed E-state index contributed by atoms with van der Waals surface area (Å²) in [6.45, 7) is 0.237. The van der Waals surface area contributed by atoms with Gasteiger partial charge in [0.25, 0.3) is 11.7 Å². The first-order valence-electron chi connectivity index (χ1n) is 10.2. The van der Waals surface area contributed by atoms with Gasteiger partial charge in [-0.3, -0.25) is 9.59 Å². The first kappa shape index (κ1) is 22.4. The molecule has 0 spiro atoms. The van der Waals surface area contributed by atoms with Crippen molar-refractivity contribution in [1.82, 2.24) is 4.90 Å². The smallest absolute Gasteiger partial charge is 0.295 e. The highest BCUT2D eigenvalue weighted by Gasteiger charge is 2.46. The summed E-state index contributed by atoms with van der Waals surface area (Å²) in [5.74, 6) is -0.0590. The molecule has 1 amide bonds. The van der Waals surface area contributed by atoms with Gasteiger partial charge in [-0.15, -0.1) is 11.3 Å². The Kier molecular flexibility index (Phi) is 6.37. The fourth-order valence-corrected chi connectivity index (χ4v) is 4.59.